The van der Waals surface area contributed by atoms with Crippen molar-refractivity contribution in [3.05, 3.63) is 0 Å². The number of amides is 1. The summed E-state index contributed by atoms with van der Waals surface area (Å²) in [5.41, 5.74) is -0.697. The maximum absolute atomic E-state index is 11.8. The van der Waals surface area contributed by atoms with Crippen LogP contribution in [0.4, 0.5) is 0 Å². The highest BCUT2D eigenvalue weighted by molar-refractivity contribution is 5.86. The second-order valence-corrected chi connectivity index (χ2v) is 5.39. The fourth-order valence-electron chi connectivity index (χ4n) is 2.53. The van der Waals surface area contributed by atoms with E-state index in [4.69, 9.17) is 5.26 Å². The van der Waals surface area contributed by atoms with Crippen LogP contribution in [0.2, 0.25) is 0 Å². The number of carbonyl (C=O) groups excluding carboxylic acids is 1. The number of nitrogens with zero attached hydrogens (tertiary/aromatic N) is 1. The molecule has 2 saturated carbocycles. The minimum absolute atomic E-state index is 0.0396. The predicted molar refractivity (Wildman–Crippen MR) is 56.7 cm³/mol. The fourth-order valence-corrected chi connectivity index (χ4v) is 2.53. The van der Waals surface area contributed by atoms with Gasteiger partial charge in [-0.25, -0.2) is 0 Å². The van der Waals surface area contributed by atoms with Gasteiger partial charge in [0, 0.05) is 6.54 Å². The summed E-state index contributed by atoms with van der Waals surface area (Å²) in [6.07, 6.45) is 2.68. The standard InChI is InChI=1S/C12H18N2O/c1-8-4-12(5-8,7-13)11(15)14-6-10-3-9(10)2/h8-10H,3-6H2,1-2H3,(H,14,15). The normalized spacial score (nSPS) is 42.6. The first-order valence-corrected chi connectivity index (χ1v) is 5.77. The van der Waals surface area contributed by atoms with Gasteiger partial charge in [-0.15, -0.1) is 0 Å². The SMILES string of the molecule is CC1CC(C#N)(C(=O)NCC2CC2C)C1. The third kappa shape index (κ3) is 1.86. The quantitative estimate of drug-likeness (QED) is 0.764. The van der Waals surface area contributed by atoms with E-state index in [2.05, 4.69) is 25.2 Å². The summed E-state index contributed by atoms with van der Waals surface area (Å²) >= 11 is 0. The van der Waals surface area contributed by atoms with Crippen molar-refractivity contribution in [3.8, 4) is 6.07 Å². The van der Waals surface area contributed by atoms with Crippen molar-refractivity contribution in [2.24, 2.45) is 23.2 Å². The maximum Gasteiger partial charge on any atom is 0.240 e. The third-order valence-corrected chi connectivity index (χ3v) is 3.84. The van der Waals surface area contributed by atoms with Crippen molar-refractivity contribution in [2.75, 3.05) is 6.54 Å². The van der Waals surface area contributed by atoms with Gasteiger partial charge in [-0.1, -0.05) is 13.8 Å². The summed E-state index contributed by atoms with van der Waals surface area (Å²) in [5.74, 6) is 1.89. The number of hydrogen-bond acceptors (Lipinski definition) is 2. The van der Waals surface area contributed by atoms with Crippen molar-refractivity contribution in [1.29, 1.82) is 5.26 Å². The van der Waals surface area contributed by atoms with Gasteiger partial charge in [0.2, 0.25) is 5.91 Å². The molecule has 0 aliphatic heterocycles. The maximum atomic E-state index is 11.8. The lowest BCUT2D eigenvalue weighted by Crippen LogP contribution is -2.48. The van der Waals surface area contributed by atoms with E-state index in [1.54, 1.807) is 0 Å². The van der Waals surface area contributed by atoms with E-state index < -0.39 is 5.41 Å². The summed E-state index contributed by atoms with van der Waals surface area (Å²) in [5, 5.41) is 12.0. The van der Waals surface area contributed by atoms with E-state index in [0.717, 1.165) is 25.3 Å². The second kappa shape index (κ2) is 3.52. The predicted octanol–water partition coefficient (Wildman–Crippen LogP) is 1.70. The first-order chi connectivity index (χ1) is 7.07. The van der Waals surface area contributed by atoms with E-state index >= 15 is 0 Å². The zero-order chi connectivity index (χ0) is 11.1. The summed E-state index contributed by atoms with van der Waals surface area (Å²) in [6, 6.07) is 2.19. The van der Waals surface area contributed by atoms with Crippen LogP contribution in [0.15, 0.2) is 0 Å². The molecule has 1 N–H and O–H groups in total. The molecule has 0 aromatic heterocycles. The smallest absolute Gasteiger partial charge is 0.240 e. The molecule has 2 rings (SSSR count). The van der Waals surface area contributed by atoms with Gasteiger partial charge in [-0.05, 0) is 37.0 Å². The van der Waals surface area contributed by atoms with Gasteiger partial charge in [0.25, 0.3) is 0 Å². The molecule has 2 aliphatic carbocycles. The molecule has 3 nitrogen and oxygen atoms in total. The van der Waals surface area contributed by atoms with Crippen molar-refractivity contribution >= 4 is 5.91 Å². The Morgan fingerprint density at radius 2 is 2.13 bits per heavy atom. The Bertz CT molecular complexity index is 312. The monoisotopic (exact) mass is 206 g/mol. The van der Waals surface area contributed by atoms with Crippen LogP contribution >= 0.6 is 0 Å². The van der Waals surface area contributed by atoms with E-state index in [0.29, 0.717) is 11.8 Å². The molecule has 0 heterocycles. The van der Waals surface area contributed by atoms with Crippen LogP contribution in [0.25, 0.3) is 0 Å². The topological polar surface area (TPSA) is 52.9 Å². The Kier molecular flexibility index (Phi) is 2.46. The van der Waals surface area contributed by atoms with Gasteiger partial charge >= 0.3 is 0 Å². The highest BCUT2D eigenvalue weighted by Gasteiger charge is 2.49. The van der Waals surface area contributed by atoms with Gasteiger partial charge in [0.1, 0.15) is 5.41 Å². The van der Waals surface area contributed by atoms with Crippen LogP contribution in [0, 0.1) is 34.5 Å². The molecule has 2 aliphatic rings. The van der Waals surface area contributed by atoms with Gasteiger partial charge in [-0.3, -0.25) is 4.79 Å². The Balaban J connectivity index is 1.82. The Hall–Kier alpha value is -1.04. The average Bonchev–Trinajstić information content (AvgIpc) is 2.85. The third-order valence-electron chi connectivity index (χ3n) is 3.84. The second-order valence-electron chi connectivity index (χ2n) is 5.39. The molecule has 0 aromatic carbocycles. The molecule has 0 bridgehead atoms. The zero-order valence-corrected chi connectivity index (χ0v) is 9.42. The molecule has 2 fully saturated rings. The lowest BCUT2D eigenvalue weighted by Gasteiger charge is -2.39. The molecular weight excluding hydrogens is 188 g/mol. The van der Waals surface area contributed by atoms with Crippen molar-refractivity contribution in [2.45, 2.75) is 33.1 Å². The minimum atomic E-state index is -0.697. The number of hydrogen-bond donors (Lipinski definition) is 1. The van der Waals surface area contributed by atoms with Crippen LogP contribution < -0.4 is 5.32 Å². The summed E-state index contributed by atoms with van der Waals surface area (Å²) in [4.78, 5) is 11.8. The summed E-state index contributed by atoms with van der Waals surface area (Å²) < 4.78 is 0. The molecule has 0 saturated heterocycles. The van der Waals surface area contributed by atoms with E-state index in [1.807, 2.05) is 0 Å². The van der Waals surface area contributed by atoms with Crippen molar-refractivity contribution < 1.29 is 4.79 Å². The molecule has 0 aromatic rings. The van der Waals surface area contributed by atoms with Gasteiger partial charge in [-0.2, -0.15) is 5.26 Å². The first-order valence-electron chi connectivity index (χ1n) is 5.77. The summed E-state index contributed by atoms with van der Waals surface area (Å²) in [7, 11) is 0. The van der Waals surface area contributed by atoms with Crippen LogP contribution in [-0.2, 0) is 4.79 Å². The average molecular weight is 206 g/mol. The van der Waals surface area contributed by atoms with Crippen LogP contribution in [-0.4, -0.2) is 12.5 Å². The molecule has 15 heavy (non-hydrogen) atoms. The molecule has 0 spiro atoms. The highest BCUT2D eigenvalue weighted by atomic mass is 16.2. The van der Waals surface area contributed by atoms with Crippen molar-refractivity contribution in [3.63, 3.8) is 0 Å². The van der Waals surface area contributed by atoms with Gasteiger partial charge < -0.3 is 5.32 Å². The lowest BCUT2D eigenvalue weighted by molar-refractivity contribution is -0.134. The number of nitriles is 1. The van der Waals surface area contributed by atoms with Gasteiger partial charge in [0.05, 0.1) is 6.07 Å². The lowest BCUT2D eigenvalue weighted by atomic mass is 9.63. The van der Waals surface area contributed by atoms with Crippen LogP contribution in [0.5, 0.6) is 0 Å². The Labute approximate surface area is 90.8 Å². The van der Waals surface area contributed by atoms with E-state index in [9.17, 15) is 4.79 Å². The summed E-state index contributed by atoms with van der Waals surface area (Å²) in [6.45, 7) is 5.05. The molecule has 0 radical (unpaired) electrons. The molecule has 3 heteroatoms. The molecule has 1 amide bonds. The van der Waals surface area contributed by atoms with Crippen LogP contribution in [0.1, 0.15) is 33.1 Å². The molecular formula is C12H18N2O. The largest absolute Gasteiger partial charge is 0.354 e. The first kappa shape index (κ1) is 10.5. The van der Waals surface area contributed by atoms with E-state index in [1.165, 1.54) is 6.42 Å². The van der Waals surface area contributed by atoms with Crippen molar-refractivity contribution in [1.82, 2.24) is 5.32 Å². The highest BCUT2D eigenvalue weighted by Crippen LogP contribution is 2.45. The van der Waals surface area contributed by atoms with Crippen LogP contribution in [0.3, 0.4) is 0 Å². The number of nitrogens with one attached hydrogen (secondary N) is 1. The minimum Gasteiger partial charge on any atom is -0.354 e. The zero-order valence-electron chi connectivity index (χ0n) is 9.42. The fraction of sp³-hybridized carbons (Fsp3) is 0.833. The molecule has 2 atom stereocenters. The Morgan fingerprint density at radius 3 is 2.53 bits per heavy atom. The number of rotatable bonds is 3. The van der Waals surface area contributed by atoms with E-state index in [-0.39, 0.29) is 5.91 Å². The number of carbonyl (C=O) groups is 1. The molecule has 82 valence electrons. The van der Waals surface area contributed by atoms with Gasteiger partial charge in [0.15, 0.2) is 0 Å². The Morgan fingerprint density at radius 1 is 1.53 bits per heavy atom. The molecule has 2 unspecified atom stereocenters.